The topological polar surface area (TPSA) is 96.5 Å². The first-order valence-corrected chi connectivity index (χ1v) is 14.9. The van der Waals surface area contributed by atoms with Gasteiger partial charge in [0.2, 0.25) is 5.95 Å². The molecule has 2 bridgehead atoms. The highest BCUT2D eigenvalue weighted by Gasteiger charge is 2.38. The summed E-state index contributed by atoms with van der Waals surface area (Å²) in [4.78, 5) is 11.1. The van der Waals surface area contributed by atoms with Crippen molar-refractivity contribution < 1.29 is 26.3 Å². The van der Waals surface area contributed by atoms with Gasteiger partial charge in [0.15, 0.2) is 9.84 Å². The highest BCUT2D eigenvalue weighted by Crippen LogP contribution is 2.42. The summed E-state index contributed by atoms with van der Waals surface area (Å²) < 4.78 is 72.3. The van der Waals surface area contributed by atoms with Crippen molar-refractivity contribution >= 4 is 38.5 Å². The third-order valence-corrected chi connectivity index (χ3v) is 10.2. The van der Waals surface area contributed by atoms with Crippen LogP contribution in [0.5, 0.6) is 0 Å². The standard InChI is InChI=1S/C25H26F3N5O3S2/c1-2-14-7-16(33-12-15-8-17(33)10-29-15)3-4-19(14)31-24-30-11-18(25(26,27)28)23(32-24)20-9-22-21(37-20)13-36-5-6-38(22,34)35/h3-4,7,9,11,15,17,29H,2,5-6,8,10,12-13H2,1H3,(H,30,31,32)/t15-,17-/m0/s1. The summed E-state index contributed by atoms with van der Waals surface area (Å²) >= 11 is 0.946. The zero-order valence-electron chi connectivity index (χ0n) is 20.5. The Balaban J connectivity index is 1.35. The van der Waals surface area contributed by atoms with Crippen LogP contribution < -0.4 is 15.5 Å². The number of nitrogens with one attached hydrogen (secondary N) is 2. The molecule has 2 fully saturated rings. The number of aromatic nitrogens is 2. The number of halogens is 3. The third-order valence-electron chi connectivity index (χ3n) is 7.27. The molecule has 0 unspecified atom stereocenters. The molecule has 6 rings (SSSR count). The normalized spacial score (nSPS) is 22.4. The van der Waals surface area contributed by atoms with Gasteiger partial charge in [-0.25, -0.2) is 18.4 Å². The summed E-state index contributed by atoms with van der Waals surface area (Å²) in [5, 5.41) is 6.59. The molecular weight excluding hydrogens is 539 g/mol. The molecule has 0 amide bonds. The fourth-order valence-electron chi connectivity index (χ4n) is 5.34. The maximum atomic E-state index is 13.9. The van der Waals surface area contributed by atoms with Crippen LogP contribution in [0, 0.1) is 0 Å². The number of anilines is 3. The first-order valence-electron chi connectivity index (χ1n) is 12.4. The number of aryl methyl sites for hydroxylation is 1. The Bertz CT molecular complexity index is 1490. The summed E-state index contributed by atoms with van der Waals surface area (Å²) in [6.07, 6.45) is -2.14. The zero-order chi connectivity index (χ0) is 26.7. The van der Waals surface area contributed by atoms with Crippen LogP contribution in [0.3, 0.4) is 0 Å². The largest absolute Gasteiger partial charge is 0.420 e. The summed E-state index contributed by atoms with van der Waals surface area (Å²) in [7, 11) is -3.66. The number of alkyl halides is 3. The number of piperazine rings is 1. The van der Waals surface area contributed by atoms with Crippen LogP contribution in [-0.4, -0.2) is 55.9 Å². The van der Waals surface area contributed by atoms with E-state index in [4.69, 9.17) is 4.74 Å². The summed E-state index contributed by atoms with van der Waals surface area (Å²) in [6, 6.07) is 8.28. The molecule has 8 nitrogen and oxygen atoms in total. The van der Waals surface area contributed by atoms with Crippen LogP contribution in [0.1, 0.15) is 29.3 Å². The van der Waals surface area contributed by atoms with Crippen LogP contribution in [0.4, 0.5) is 30.5 Å². The van der Waals surface area contributed by atoms with E-state index < -0.39 is 21.6 Å². The molecule has 2 saturated heterocycles. The highest BCUT2D eigenvalue weighted by atomic mass is 32.2. The monoisotopic (exact) mass is 565 g/mol. The molecule has 0 radical (unpaired) electrons. The second-order valence-electron chi connectivity index (χ2n) is 9.69. The molecule has 0 saturated carbocycles. The number of hydrogen-bond donors (Lipinski definition) is 2. The summed E-state index contributed by atoms with van der Waals surface area (Å²) in [5.41, 5.74) is 1.44. The Morgan fingerprint density at radius 2 is 2.13 bits per heavy atom. The molecule has 13 heteroatoms. The Hall–Kier alpha value is -2.74. The number of rotatable bonds is 5. The molecule has 2 aromatic heterocycles. The Morgan fingerprint density at radius 1 is 1.29 bits per heavy atom. The molecule has 5 heterocycles. The number of nitrogens with zero attached hydrogens (tertiary/aromatic N) is 3. The van der Waals surface area contributed by atoms with E-state index in [1.807, 2.05) is 19.1 Å². The van der Waals surface area contributed by atoms with Crippen LogP contribution in [0.2, 0.25) is 0 Å². The molecule has 0 spiro atoms. The summed E-state index contributed by atoms with van der Waals surface area (Å²) in [5.74, 6) is -0.216. The van der Waals surface area contributed by atoms with E-state index in [1.165, 1.54) is 6.07 Å². The van der Waals surface area contributed by atoms with Crippen molar-refractivity contribution in [1.82, 2.24) is 15.3 Å². The third kappa shape index (κ3) is 4.65. The highest BCUT2D eigenvalue weighted by molar-refractivity contribution is 7.91. The van der Waals surface area contributed by atoms with E-state index in [0.717, 1.165) is 48.3 Å². The van der Waals surface area contributed by atoms with Gasteiger partial charge in [0.25, 0.3) is 0 Å². The number of sulfone groups is 1. The van der Waals surface area contributed by atoms with E-state index in [9.17, 15) is 21.6 Å². The van der Waals surface area contributed by atoms with Crippen molar-refractivity contribution in [3.05, 3.63) is 46.5 Å². The maximum absolute atomic E-state index is 13.9. The van der Waals surface area contributed by atoms with E-state index in [1.54, 1.807) is 0 Å². The van der Waals surface area contributed by atoms with Gasteiger partial charge in [0.05, 0.1) is 34.4 Å². The molecule has 2 N–H and O–H groups in total. The maximum Gasteiger partial charge on any atom is 0.420 e. The Morgan fingerprint density at radius 3 is 2.84 bits per heavy atom. The smallest absolute Gasteiger partial charge is 0.375 e. The molecule has 3 aromatic rings. The second-order valence-corrected chi connectivity index (χ2v) is 12.9. The van der Waals surface area contributed by atoms with Gasteiger partial charge in [0, 0.05) is 47.6 Å². The van der Waals surface area contributed by atoms with E-state index in [0.29, 0.717) is 29.1 Å². The minimum atomic E-state index is -4.72. The van der Waals surface area contributed by atoms with E-state index in [2.05, 4.69) is 31.6 Å². The van der Waals surface area contributed by atoms with Crippen molar-refractivity contribution in [2.75, 3.05) is 35.7 Å². The lowest BCUT2D eigenvalue weighted by atomic mass is 10.1. The van der Waals surface area contributed by atoms with E-state index in [-0.39, 0.29) is 40.4 Å². The minimum Gasteiger partial charge on any atom is -0.375 e. The molecular formula is C25H26F3N5O3S2. The van der Waals surface area contributed by atoms with Gasteiger partial charge < -0.3 is 20.3 Å². The van der Waals surface area contributed by atoms with Crippen LogP contribution in [0.15, 0.2) is 35.4 Å². The van der Waals surface area contributed by atoms with Gasteiger partial charge in [0.1, 0.15) is 5.56 Å². The van der Waals surface area contributed by atoms with Crippen molar-refractivity contribution in [1.29, 1.82) is 0 Å². The SMILES string of the molecule is CCc1cc(N2C[C@@H]3C[C@H]2CN3)ccc1Nc1ncc(C(F)(F)F)c(-c2cc3c(s2)COCCS3(=O)=O)n1. The lowest BCUT2D eigenvalue weighted by Crippen LogP contribution is -2.43. The molecule has 1 aromatic carbocycles. The van der Waals surface area contributed by atoms with Gasteiger partial charge in [-0.15, -0.1) is 11.3 Å². The van der Waals surface area contributed by atoms with Gasteiger partial charge in [-0.05, 0) is 42.7 Å². The fourth-order valence-corrected chi connectivity index (χ4v) is 8.18. The van der Waals surface area contributed by atoms with Gasteiger partial charge in [-0.2, -0.15) is 13.2 Å². The van der Waals surface area contributed by atoms with Crippen LogP contribution >= 0.6 is 11.3 Å². The summed E-state index contributed by atoms with van der Waals surface area (Å²) in [6.45, 7) is 4.01. The quantitative estimate of drug-likeness (QED) is 0.471. The molecule has 38 heavy (non-hydrogen) atoms. The first-order chi connectivity index (χ1) is 18.1. The van der Waals surface area contributed by atoms with Gasteiger partial charge >= 0.3 is 6.18 Å². The number of hydrogen-bond acceptors (Lipinski definition) is 9. The molecule has 0 aliphatic carbocycles. The van der Waals surface area contributed by atoms with Crippen molar-refractivity contribution in [2.45, 2.75) is 49.5 Å². The average Bonchev–Trinajstić information content (AvgIpc) is 3.61. The number of benzene rings is 1. The second kappa shape index (κ2) is 9.47. The van der Waals surface area contributed by atoms with Crippen LogP contribution in [0.25, 0.3) is 10.6 Å². The molecule has 3 aliphatic heterocycles. The Kier molecular flexibility index (Phi) is 6.36. The number of fused-ring (bicyclic) bond motifs is 3. The zero-order valence-corrected chi connectivity index (χ0v) is 22.1. The average molecular weight is 566 g/mol. The molecule has 2 atom stereocenters. The van der Waals surface area contributed by atoms with Crippen molar-refractivity contribution in [2.24, 2.45) is 0 Å². The predicted octanol–water partition coefficient (Wildman–Crippen LogP) is 4.38. The van der Waals surface area contributed by atoms with E-state index >= 15 is 0 Å². The molecule has 202 valence electrons. The lowest BCUT2D eigenvalue weighted by molar-refractivity contribution is -0.137. The molecule has 3 aliphatic rings. The fraction of sp³-hybridized carbons (Fsp3) is 0.440. The Labute approximate surface area is 222 Å². The van der Waals surface area contributed by atoms with Crippen molar-refractivity contribution in [3.8, 4) is 10.6 Å². The van der Waals surface area contributed by atoms with Gasteiger partial charge in [-0.1, -0.05) is 6.92 Å². The number of thiophene rings is 1. The number of ether oxygens (including phenoxy) is 1. The van der Waals surface area contributed by atoms with Crippen molar-refractivity contribution in [3.63, 3.8) is 0 Å². The van der Waals surface area contributed by atoms with Crippen LogP contribution in [-0.2, 0) is 33.8 Å². The minimum absolute atomic E-state index is 0.00239. The predicted molar refractivity (Wildman–Crippen MR) is 139 cm³/mol. The van der Waals surface area contributed by atoms with Gasteiger partial charge in [-0.3, -0.25) is 0 Å². The lowest BCUT2D eigenvalue weighted by Gasteiger charge is -2.30. The first kappa shape index (κ1) is 25.5.